The van der Waals surface area contributed by atoms with Crippen LogP contribution in [-0.2, 0) is 9.59 Å². The van der Waals surface area contributed by atoms with Crippen molar-refractivity contribution in [1.82, 2.24) is 5.32 Å². The van der Waals surface area contributed by atoms with Crippen molar-refractivity contribution in [2.75, 3.05) is 0 Å². The van der Waals surface area contributed by atoms with E-state index < -0.39 is 5.54 Å². The van der Waals surface area contributed by atoms with Gasteiger partial charge in [0.2, 0.25) is 5.91 Å². The Morgan fingerprint density at radius 1 is 1.32 bits per heavy atom. The van der Waals surface area contributed by atoms with Gasteiger partial charge in [-0.05, 0) is 38.0 Å². The van der Waals surface area contributed by atoms with E-state index in [0.29, 0.717) is 12.3 Å². The van der Waals surface area contributed by atoms with Gasteiger partial charge in [-0.2, -0.15) is 0 Å². The molecule has 3 heteroatoms. The zero-order chi connectivity index (χ0) is 14.1. The molecule has 2 aliphatic carbocycles. The lowest BCUT2D eigenvalue weighted by molar-refractivity contribution is -0.137. The number of Topliss-reactive ketones (excluding diaryl/α,β-unsaturated/α-hetero) is 1. The number of ketones is 1. The fraction of sp³-hybridized carbons (Fsp3) is 0.875. The van der Waals surface area contributed by atoms with Gasteiger partial charge < -0.3 is 5.32 Å². The molecule has 1 N–H and O–H groups in total. The highest BCUT2D eigenvalue weighted by Gasteiger charge is 2.45. The molecule has 2 rings (SSSR count). The highest BCUT2D eigenvalue weighted by atomic mass is 16.2. The van der Waals surface area contributed by atoms with Crippen molar-refractivity contribution < 1.29 is 9.59 Å². The molecule has 0 radical (unpaired) electrons. The van der Waals surface area contributed by atoms with Crippen LogP contribution in [0, 0.1) is 11.3 Å². The Morgan fingerprint density at radius 2 is 1.89 bits per heavy atom. The molecule has 0 heterocycles. The van der Waals surface area contributed by atoms with E-state index in [1.807, 2.05) is 20.8 Å². The number of nitrogens with one attached hydrogen (secondary N) is 1. The third-order valence-corrected chi connectivity index (χ3v) is 5.29. The number of carbonyl (C=O) groups excluding carboxylic acids is 2. The summed E-state index contributed by atoms with van der Waals surface area (Å²) in [5.41, 5.74) is -0.929. The van der Waals surface area contributed by atoms with Crippen LogP contribution in [-0.4, -0.2) is 17.2 Å². The van der Waals surface area contributed by atoms with Crippen LogP contribution in [0.4, 0.5) is 0 Å². The average Bonchev–Trinajstić information content (AvgIpc) is 2.57. The lowest BCUT2D eigenvalue weighted by Gasteiger charge is -2.35. The van der Waals surface area contributed by atoms with Crippen LogP contribution in [0.1, 0.15) is 72.1 Å². The molecule has 0 unspecified atom stereocenters. The molecule has 0 saturated heterocycles. The van der Waals surface area contributed by atoms with E-state index in [4.69, 9.17) is 0 Å². The van der Waals surface area contributed by atoms with Crippen LogP contribution in [0.15, 0.2) is 0 Å². The number of rotatable bonds is 3. The summed E-state index contributed by atoms with van der Waals surface area (Å²) >= 11 is 0. The first-order chi connectivity index (χ1) is 8.89. The number of hydrogen-bond donors (Lipinski definition) is 1. The van der Waals surface area contributed by atoms with Crippen molar-refractivity contribution in [3.05, 3.63) is 0 Å². The Balaban J connectivity index is 2.19. The van der Waals surface area contributed by atoms with Gasteiger partial charge in [0.1, 0.15) is 0 Å². The molecule has 0 spiro atoms. The third-order valence-electron chi connectivity index (χ3n) is 5.29. The summed E-state index contributed by atoms with van der Waals surface area (Å²) in [5.74, 6) is 0.893. The van der Waals surface area contributed by atoms with Gasteiger partial charge in [-0.25, -0.2) is 0 Å². The number of hydrogen-bond acceptors (Lipinski definition) is 2. The minimum atomic E-state index is -0.547. The maximum Gasteiger partial charge on any atom is 0.226 e. The van der Waals surface area contributed by atoms with Gasteiger partial charge in [0.05, 0.1) is 5.54 Å². The van der Waals surface area contributed by atoms with Gasteiger partial charge in [0.15, 0.2) is 5.78 Å². The summed E-state index contributed by atoms with van der Waals surface area (Å²) in [6, 6.07) is 0. The predicted octanol–water partition coefficient (Wildman–Crippen LogP) is 3.22. The second kappa shape index (κ2) is 5.26. The lowest BCUT2D eigenvalue weighted by atomic mass is 9.81. The van der Waals surface area contributed by atoms with Gasteiger partial charge in [0, 0.05) is 11.8 Å². The van der Waals surface area contributed by atoms with Crippen molar-refractivity contribution in [3.8, 4) is 0 Å². The molecule has 1 amide bonds. The molecule has 108 valence electrons. The monoisotopic (exact) mass is 265 g/mol. The Bertz CT molecular complexity index is 363. The van der Waals surface area contributed by atoms with Crippen LogP contribution in [0.5, 0.6) is 0 Å². The molecular weight excluding hydrogens is 238 g/mol. The van der Waals surface area contributed by atoms with E-state index in [0.717, 1.165) is 44.9 Å². The van der Waals surface area contributed by atoms with Crippen LogP contribution in [0.3, 0.4) is 0 Å². The van der Waals surface area contributed by atoms with Crippen LogP contribution >= 0.6 is 0 Å². The minimum absolute atomic E-state index is 0.0451. The van der Waals surface area contributed by atoms with Gasteiger partial charge in [-0.1, -0.05) is 33.6 Å². The summed E-state index contributed by atoms with van der Waals surface area (Å²) in [4.78, 5) is 25.0. The molecule has 0 aromatic heterocycles. The fourth-order valence-electron chi connectivity index (χ4n) is 3.34. The van der Waals surface area contributed by atoms with E-state index >= 15 is 0 Å². The summed E-state index contributed by atoms with van der Waals surface area (Å²) in [6.07, 6.45) is 7.61. The quantitative estimate of drug-likeness (QED) is 0.851. The number of carbonyl (C=O) groups is 2. The largest absolute Gasteiger partial charge is 0.343 e. The highest BCUT2D eigenvalue weighted by Crippen LogP contribution is 2.38. The molecule has 2 saturated carbocycles. The predicted molar refractivity (Wildman–Crippen MR) is 75.8 cm³/mol. The molecule has 2 fully saturated rings. The summed E-state index contributed by atoms with van der Waals surface area (Å²) in [5, 5.41) is 3.15. The zero-order valence-corrected chi connectivity index (χ0v) is 12.6. The summed E-state index contributed by atoms with van der Waals surface area (Å²) < 4.78 is 0. The third kappa shape index (κ3) is 2.85. The number of amides is 1. The average molecular weight is 265 g/mol. The van der Waals surface area contributed by atoms with E-state index in [9.17, 15) is 9.59 Å². The lowest BCUT2D eigenvalue weighted by Crippen LogP contribution is -2.56. The van der Waals surface area contributed by atoms with E-state index in [2.05, 4.69) is 5.32 Å². The SMILES string of the molecule is CCC(C)(C)C(=O)NC12CCCC(CCC1)CC2=O. The zero-order valence-electron chi connectivity index (χ0n) is 12.6. The first-order valence-electron chi connectivity index (χ1n) is 7.75. The molecule has 0 atom stereocenters. The maximum absolute atomic E-state index is 12.6. The molecule has 2 bridgehead atoms. The van der Waals surface area contributed by atoms with Crippen molar-refractivity contribution in [2.45, 2.75) is 77.7 Å². The van der Waals surface area contributed by atoms with E-state index in [-0.39, 0.29) is 17.1 Å². The topological polar surface area (TPSA) is 46.2 Å². The van der Waals surface area contributed by atoms with Crippen LogP contribution in [0.25, 0.3) is 0 Å². The van der Waals surface area contributed by atoms with Crippen molar-refractivity contribution in [3.63, 3.8) is 0 Å². The van der Waals surface area contributed by atoms with Crippen molar-refractivity contribution >= 4 is 11.7 Å². The Hall–Kier alpha value is -0.860. The van der Waals surface area contributed by atoms with Gasteiger partial charge in [-0.3, -0.25) is 9.59 Å². The molecule has 19 heavy (non-hydrogen) atoms. The molecular formula is C16H27NO2. The molecule has 0 aliphatic heterocycles. The normalized spacial score (nSPS) is 31.7. The van der Waals surface area contributed by atoms with E-state index in [1.165, 1.54) is 0 Å². The minimum Gasteiger partial charge on any atom is -0.343 e. The van der Waals surface area contributed by atoms with Gasteiger partial charge in [0.25, 0.3) is 0 Å². The van der Waals surface area contributed by atoms with Crippen molar-refractivity contribution in [2.24, 2.45) is 11.3 Å². The maximum atomic E-state index is 12.6. The smallest absolute Gasteiger partial charge is 0.226 e. The first-order valence-corrected chi connectivity index (χ1v) is 7.75. The molecule has 2 aliphatic rings. The Morgan fingerprint density at radius 3 is 2.42 bits per heavy atom. The standard InChI is InChI=1S/C16H27NO2/c1-4-15(2,3)14(19)17-16-9-5-7-12(8-6-10-16)11-13(16)18/h12H,4-11H2,1-3H3,(H,17,19). The van der Waals surface area contributed by atoms with Gasteiger partial charge in [-0.15, -0.1) is 0 Å². The van der Waals surface area contributed by atoms with Crippen molar-refractivity contribution in [1.29, 1.82) is 0 Å². The first kappa shape index (κ1) is 14.5. The molecule has 0 aromatic rings. The van der Waals surface area contributed by atoms with Crippen LogP contribution in [0.2, 0.25) is 0 Å². The molecule has 0 aromatic carbocycles. The molecule has 3 nitrogen and oxygen atoms in total. The summed E-state index contributed by atoms with van der Waals surface area (Å²) in [6.45, 7) is 5.94. The second-order valence-electron chi connectivity index (χ2n) is 7.05. The van der Waals surface area contributed by atoms with E-state index in [1.54, 1.807) is 0 Å². The Kier molecular flexibility index (Phi) is 4.03. The van der Waals surface area contributed by atoms with Gasteiger partial charge >= 0.3 is 0 Å². The fourth-order valence-corrected chi connectivity index (χ4v) is 3.34. The highest BCUT2D eigenvalue weighted by molar-refractivity contribution is 5.94. The summed E-state index contributed by atoms with van der Waals surface area (Å²) in [7, 11) is 0. The number of fused-ring (bicyclic) bond motifs is 3. The van der Waals surface area contributed by atoms with Crippen LogP contribution < -0.4 is 5.32 Å². The Labute approximate surface area is 116 Å². The second-order valence-corrected chi connectivity index (χ2v) is 7.05.